The maximum absolute atomic E-state index is 12.6. The van der Waals surface area contributed by atoms with Crippen LogP contribution in [-0.4, -0.2) is 116 Å². The normalized spacial score (nSPS) is 10.9. The molecule has 1 rings (SSSR count). The molecule has 2 amide bonds. The fourth-order valence-corrected chi connectivity index (χ4v) is 3.01. The number of benzene rings is 1. The van der Waals surface area contributed by atoms with Crippen LogP contribution in [-0.2, 0) is 39.9 Å². The number of rotatable bonds is 22. The minimum atomic E-state index is -0.408. The number of nitrogens with zero attached hydrogens (tertiary/aromatic N) is 1. The van der Waals surface area contributed by atoms with Gasteiger partial charge in [-0.2, -0.15) is 0 Å². The molecule has 12 nitrogen and oxygen atoms in total. The number of esters is 1. The number of carbonyl (C=O) groups excluding carboxylic acids is 3. The Balaban J connectivity index is 2.00. The highest BCUT2D eigenvalue weighted by atomic mass is 16.6. The summed E-state index contributed by atoms with van der Waals surface area (Å²) < 4.78 is 26.8. The Bertz CT molecular complexity index is 822. The molecule has 0 unspecified atom stereocenters. The molecule has 1 aromatic carbocycles. The van der Waals surface area contributed by atoms with E-state index in [-0.39, 0.29) is 18.4 Å². The van der Waals surface area contributed by atoms with Crippen LogP contribution in [0.5, 0.6) is 0 Å². The van der Waals surface area contributed by atoms with E-state index in [4.69, 9.17) is 23.7 Å². The average molecular weight is 541 g/mol. The summed E-state index contributed by atoms with van der Waals surface area (Å²) in [6.07, 6.45) is 0.334. The lowest BCUT2D eigenvalue weighted by Gasteiger charge is -2.12. The van der Waals surface area contributed by atoms with Crippen molar-refractivity contribution >= 4 is 23.5 Å². The first kappa shape index (κ1) is 33.3. The van der Waals surface area contributed by atoms with Crippen molar-refractivity contribution in [2.75, 3.05) is 98.9 Å². The van der Waals surface area contributed by atoms with Crippen molar-refractivity contribution in [3.8, 4) is 0 Å². The zero-order chi connectivity index (χ0) is 28.0. The number of hydrogen-bond donors (Lipinski definition) is 3. The molecule has 0 saturated heterocycles. The second kappa shape index (κ2) is 21.2. The molecule has 38 heavy (non-hydrogen) atoms. The molecule has 0 fully saturated rings. The fraction of sp³-hybridized carbons (Fsp3) is 0.654. The van der Waals surface area contributed by atoms with Gasteiger partial charge < -0.3 is 44.5 Å². The highest BCUT2D eigenvalue weighted by molar-refractivity contribution is 5.96. The molecule has 0 aromatic heterocycles. The minimum absolute atomic E-state index is 0.0181. The van der Waals surface area contributed by atoms with Gasteiger partial charge in [-0.25, -0.2) is 0 Å². The van der Waals surface area contributed by atoms with Crippen molar-refractivity contribution in [1.82, 2.24) is 15.5 Å². The van der Waals surface area contributed by atoms with E-state index >= 15 is 0 Å². The van der Waals surface area contributed by atoms with Gasteiger partial charge in [0.05, 0.1) is 52.9 Å². The van der Waals surface area contributed by atoms with Crippen molar-refractivity contribution in [3.05, 3.63) is 29.3 Å². The molecule has 216 valence electrons. The standard InChI is InChI=1S/C26H44N4O8/c1-21(31)38-20-22-5-6-23(27-2)19-24(22)26(33)29-9-12-35-14-16-37-18-17-36-15-13-34-11-7-25(32)28-8-10-30(3)4/h5-6,19,27H,7-18,20H2,1-4H3,(H,28,32)(H,29,33). The Morgan fingerprint density at radius 3 is 2.00 bits per heavy atom. The van der Waals surface area contributed by atoms with Crippen LogP contribution in [0.2, 0.25) is 0 Å². The zero-order valence-corrected chi connectivity index (χ0v) is 23.1. The molecular formula is C26H44N4O8. The molecular weight excluding hydrogens is 496 g/mol. The van der Waals surface area contributed by atoms with Gasteiger partial charge >= 0.3 is 5.97 Å². The number of carbonyl (C=O) groups is 3. The summed E-state index contributed by atoms with van der Waals surface area (Å²) in [5.41, 5.74) is 1.84. The summed E-state index contributed by atoms with van der Waals surface area (Å²) in [5, 5.41) is 8.63. The van der Waals surface area contributed by atoms with E-state index in [9.17, 15) is 14.4 Å². The van der Waals surface area contributed by atoms with Crippen LogP contribution < -0.4 is 16.0 Å². The van der Waals surface area contributed by atoms with Crippen molar-refractivity contribution in [2.45, 2.75) is 20.0 Å². The van der Waals surface area contributed by atoms with E-state index < -0.39 is 5.97 Å². The van der Waals surface area contributed by atoms with Gasteiger partial charge in [-0.05, 0) is 26.2 Å². The molecule has 0 aliphatic rings. The molecule has 0 atom stereocenters. The Kier molecular flexibility index (Phi) is 18.5. The molecule has 0 radical (unpaired) electrons. The second-order valence-electron chi connectivity index (χ2n) is 8.51. The van der Waals surface area contributed by atoms with Gasteiger partial charge in [0.15, 0.2) is 0 Å². The van der Waals surface area contributed by atoms with Gasteiger partial charge in [-0.1, -0.05) is 6.07 Å². The van der Waals surface area contributed by atoms with E-state index in [1.165, 1.54) is 6.92 Å². The molecule has 0 bridgehead atoms. The average Bonchev–Trinajstić information content (AvgIpc) is 2.89. The SMILES string of the molecule is CNc1ccc(COC(C)=O)c(C(=O)NCCOCCOCCOCCOCCC(=O)NCCN(C)C)c1. The van der Waals surface area contributed by atoms with E-state index in [0.717, 1.165) is 12.2 Å². The summed E-state index contributed by atoms with van der Waals surface area (Å²) in [6.45, 7) is 6.34. The third-order valence-corrected chi connectivity index (χ3v) is 5.08. The molecule has 0 aliphatic carbocycles. The van der Waals surface area contributed by atoms with Gasteiger partial charge in [0.2, 0.25) is 5.91 Å². The summed E-state index contributed by atoms with van der Waals surface area (Å²) in [7, 11) is 5.68. The Morgan fingerprint density at radius 1 is 0.816 bits per heavy atom. The number of hydrogen-bond acceptors (Lipinski definition) is 10. The second-order valence-corrected chi connectivity index (χ2v) is 8.51. The zero-order valence-electron chi connectivity index (χ0n) is 23.1. The number of nitrogens with one attached hydrogen (secondary N) is 3. The van der Waals surface area contributed by atoms with E-state index in [0.29, 0.717) is 83.5 Å². The van der Waals surface area contributed by atoms with Crippen LogP contribution in [0.3, 0.4) is 0 Å². The summed E-state index contributed by atoms with van der Waals surface area (Å²) >= 11 is 0. The van der Waals surface area contributed by atoms with Gasteiger partial charge in [0, 0.05) is 56.8 Å². The highest BCUT2D eigenvalue weighted by Crippen LogP contribution is 2.17. The topological polar surface area (TPSA) is 137 Å². The molecule has 1 aromatic rings. The van der Waals surface area contributed by atoms with Crippen molar-refractivity contribution in [1.29, 1.82) is 0 Å². The van der Waals surface area contributed by atoms with Crippen LogP contribution in [0.1, 0.15) is 29.3 Å². The molecule has 0 saturated carbocycles. The Hall–Kier alpha value is -2.77. The molecule has 0 aliphatic heterocycles. The van der Waals surface area contributed by atoms with Gasteiger partial charge in [0.25, 0.3) is 5.91 Å². The van der Waals surface area contributed by atoms with E-state index in [1.807, 2.05) is 25.1 Å². The fourth-order valence-electron chi connectivity index (χ4n) is 3.01. The van der Waals surface area contributed by atoms with Gasteiger partial charge in [-0.15, -0.1) is 0 Å². The first-order valence-corrected chi connectivity index (χ1v) is 12.8. The lowest BCUT2D eigenvalue weighted by molar-refractivity contribution is -0.142. The molecule has 3 N–H and O–H groups in total. The van der Waals surface area contributed by atoms with Gasteiger partial charge in [0.1, 0.15) is 6.61 Å². The molecule has 12 heteroatoms. The maximum atomic E-state index is 12.6. The Morgan fingerprint density at radius 2 is 1.42 bits per heavy atom. The third-order valence-electron chi connectivity index (χ3n) is 5.08. The van der Waals surface area contributed by atoms with E-state index in [1.54, 1.807) is 19.2 Å². The van der Waals surface area contributed by atoms with Crippen LogP contribution >= 0.6 is 0 Å². The predicted octanol–water partition coefficient (Wildman–Crippen LogP) is 0.656. The first-order chi connectivity index (χ1) is 18.3. The van der Waals surface area contributed by atoms with Crippen LogP contribution in [0.15, 0.2) is 18.2 Å². The van der Waals surface area contributed by atoms with Crippen LogP contribution in [0.4, 0.5) is 5.69 Å². The number of ether oxygens (including phenoxy) is 5. The molecule has 0 heterocycles. The lowest BCUT2D eigenvalue weighted by atomic mass is 10.1. The smallest absolute Gasteiger partial charge is 0.302 e. The summed E-state index contributed by atoms with van der Waals surface area (Å²) in [4.78, 5) is 37.3. The quantitative estimate of drug-likeness (QED) is 0.142. The number of likely N-dealkylation sites (N-methyl/N-ethyl adjacent to an activating group) is 1. The summed E-state index contributed by atoms with van der Waals surface area (Å²) in [6, 6.07) is 5.28. The predicted molar refractivity (Wildman–Crippen MR) is 143 cm³/mol. The highest BCUT2D eigenvalue weighted by Gasteiger charge is 2.13. The van der Waals surface area contributed by atoms with Crippen LogP contribution in [0, 0.1) is 0 Å². The van der Waals surface area contributed by atoms with Crippen molar-refractivity contribution in [3.63, 3.8) is 0 Å². The monoisotopic (exact) mass is 540 g/mol. The number of amides is 2. The van der Waals surface area contributed by atoms with Crippen molar-refractivity contribution < 1.29 is 38.1 Å². The summed E-state index contributed by atoms with van der Waals surface area (Å²) in [5.74, 6) is -0.696. The maximum Gasteiger partial charge on any atom is 0.302 e. The van der Waals surface area contributed by atoms with Crippen LogP contribution in [0.25, 0.3) is 0 Å². The van der Waals surface area contributed by atoms with Crippen molar-refractivity contribution in [2.24, 2.45) is 0 Å². The lowest BCUT2D eigenvalue weighted by Crippen LogP contribution is -2.31. The molecule has 0 spiro atoms. The number of anilines is 1. The Labute approximate surface area is 225 Å². The largest absolute Gasteiger partial charge is 0.461 e. The third kappa shape index (κ3) is 16.9. The first-order valence-electron chi connectivity index (χ1n) is 12.8. The van der Waals surface area contributed by atoms with E-state index in [2.05, 4.69) is 16.0 Å². The van der Waals surface area contributed by atoms with Gasteiger partial charge in [-0.3, -0.25) is 14.4 Å². The minimum Gasteiger partial charge on any atom is -0.461 e.